The Morgan fingerprint density at radius 2 is 1.95 bits per heavy atom. The van der Waals surface area contributed by atoms with Crippen molar-refractivity contribution < 1.29 is 27.5 Å². The molecule has 1 aromatic carbocycles. The van der Waals surface area contributed by atoms with Crippen LogP contribution in [-0.4, -0.2) is 77.0 Å². The first kappa shape index (κ1) is 26.7. The molecule has 1 saturated carbocycles. The molecule has 0 spiro atoms. The summed E-state index contributed by atoms with van der Waals surface area (Å²) in [5, 5.41) is 12.8. The SMILES string of the molecule is COCC1(CN(C(=O)C(F)(F)F)[C@@H]2C[C@H]2c2ccccc2)CCN(C(=O)c2cnn(CCC#N)c2)CC1. The molecule has 8 nitrogen and oxygen atoms in total. The highest BCUT2D eigenvalue weighted by Gasteiger charge is 2.54. The second kappa shape index (κ2) is 10.9. The predicted molar refractivity (Wildman–Crippen MR) is 127 cm³/mol. The molecule has 2 amide bonds. The molecule has 4 rings (SSSR count). The number of amides is 2. The number of aromatic nitrogens is 2. The zero-order chi connectivity index (χ0) is 26.6. The van der Waals surface area contributed by atoms with Crippen LogP contribution in [0.2, 0.25) is 0 Å². The summed E-state index contributed by atoms with van der Waals surface area (Å²) in [6.45, 7) is 1.14. The minimum absolute atomic E-state index is 0.0820. The predicted octanol–water partition coefficient (Wildman–Crippen LogP) is 3.61. The zero-order valence-corrected chi connectivity index (χ0v) is 20.7. The molecular weight excluding hydrogens is 487 g/mol. The van der Waals surface area contributed by atoms with Crippen LogP contribution < -0.4 is 0 Å². The van der Waals surface area contributed by atoms with Crippen molar-refractivity contribution in [2.24, 2.45) is 5.41 Å². The monoisotopic (exact) mass is 517 g/mol. The summed E-state index contributed by atoms with van der Waals surface area (Å²) in [6, 6.07) is 10.8. The van der Waals surface area contributed by atoms with E-state index in [-0.39, 0.29) is 31.4 Å². The summed E-state index contributed by atoms with van der Waals surface area (Å²) in [6.07, 6.45) is -0.360. The van der Waals surface area contributed by atoms with Gasteiger partial charge in [-0.1, -0.05) is 30.3 Å². The lowest BCUT2D eigenvalue weighted by atomic mass is 9.78. The minimum atomic E-state index is -4.97. The molecule has 198 valence electrons. The lowest BCUT2D eigenvalue weighted by Crippen LogP contribution is -2.53. The van der Waals surface area contributed by atoms with Crippen molar-refractivity contribution in [3.8, 4) is 6.07 Å². The summed E-state index contributed by atoms with van der Waals surface area (Å²) in [5.41, 5.74) is 0.617. The van der Waals surface area contributed by atoms with Crippen molar-refractivity contribution in [1.29, 1.82) is 5.26 Å². The van der Waals surface area contributed by atoms with Gasteiger partial charge in [0.05, 0.1) is 37.4 Å². The first-order valence-electron chi connectivity index (χ1n) is 12.3. The topological polar surface area (TPSA) is 91.5 Å². The standard InChI is InChI=1S/C26H30F3N5O3/c1-37-18-25(8-12-32(13-9-25)23(35)20-15-31-33(16-20)11-5-10-30)17-34(24(36)26(27,28)29)22-14-21(22)19-6-3-2-4-7-19/h2-4,6-7,15-16,21-22H,5,8-9,11-14,17-18H2,1H3/t21-,22+/m0/s1. The minimum Gasteiger partial charge on any atom is -0.384 e. The van der Waals surface area contributed by atoms with Gasteiger partial charge in [-0.25, -0.2) is 0 Å². The maximum Gasteiger partial charge on any atom is 0.471 e. The summed E-state index contributed by atoms with van der Waals surface area (Å²) in [4.78, 5) is 28.2. The number of hydrogen-bond acceptors (Lipinski definition) is 5. The molecule has 2 aliphatic rings. The Labute approximate surface area is 213 Å². The number of alkyl halides is 3. The maximum absolute atomic E-state index is 13.6. The van der Waals surface area contributed by atoms with Crippen molar-refractivity contribution >= 4 is 11.8 Å². The summed E-state index contributed by atoms with van der Waals surface area (Å²) < 4.78 is 47.8. The van der Waals surface area contributed by atoms with Crippen LogP contribution in [0.4, 0.5) is 13.2 Å². The second-order valence-electron chi connectivity index (χ2n) is 9.88. The van der Waals surface area contributed by atoms with E-state index < -0.39 is 23.5 Å². The lowest BCUT2D eigenvalue weighted by Gasteiger charge is -2.44. The maximum atomic E-state index is 13.6. The van der Waals surface area contributed by atoms with Crippen LogP contribution in [0.5, 0.6) is 0 Å². The number of nitriles is 1. The quantitative estimate of drug-likeness (QED) is 0.507. The second-order valence-corrected chi connectivity index (χ2v) is 9.88. The number of rotatable bonds is 9. The van der Waals surface area contributed by atoms with Gasteiger partial charge in [0.15, 0.2) is 0 Å². The molecule has 0 bridgehead atoms. The molecule has 1 aliphatic carbocycles. The van der Waals surface area contributed by atoms with Gasteiger partial charge in [0.2, 0.25) is 0 Å². The van der Waals surface area contributed by atoms with Gasteiger partial charge in [-0.2, -0.15) is 23.5 Å². The fraction of sp³-hybridized carbons (Fsp3) is 0.538. The number of carbonyl (C=O) groups excluding carboxylic acids is 2. The van der Waals surface area contributed by atoms with E-state index in [1.54, 1.807) is 11.1 Å². The van der Waals surface area contributed by atoms with E-state index >= 15 is 0 Å². The average molecular weight is 518 g/mol. The lowest BCUT2D eigenvalue weighted by molar-refractivity contribution is -0.188. The molecule has 0 radical (unpaired) electrons. The van der Waals surface area contributed by atoms with Gasteiger partial charge in [-0.3, -0.25) is 14.3 Å². The molecule has 0 unspecified atom stereocenters. The molecular formula is C26H30F3N5O3. The van der Waals surface area contributed by atoms with Crippen molar-refractivity contribution in [2.45, 2.75) is 50.4 Å². The van der Waals surface area contributed by atoms with E-state index in [0.717, 1.165) is 10.5 Å². The van der Waals surface area contributed by atoms with E-state index in [4.69, 9.17) is 10.00 Å². The summed E-state index contributed by atoms with van der Waals surface area (Å²) in [7, 11) is 1.49. The van der Waals surface area contributed by atoms with E-state index in [9.17, 15) is 22.8 Å². The molecule has 1 saturated heterocycles. The Morgan fingerprint density at radius 1 is 1.24 bits per heavy atom. The first-order chi connectivity index (χ1) is 17.7. The number of likely N-dealkylation sites (tertiary alicyclic amines) is 1. The Morgan fingerprint density at radius 3 is 2.57 bits per heavy atom. The molecule has 2 fully saturated rings. The third-order valence-corrected chi connectivity index (χ3v) is 7.29. The third kappa shape index (κ3) is 6.13. The Kier molecular flexibility index (Phi) is 7.87. The van der Waals surface area contributed by atoms with E-state index in [2.05, 4.69) is 5.10 Å². The fourth-order valence-electron chi connectivity index (χ4n) is 5.23. The third-order valence-electron chi connectivity index (χ3n) is 7.29. The van der Waals surface area contributed by atoms with Crippen LogP contribution in [-0.2, 0) is 16.1 Å². The van der Waals surface area contributed by atoms with Crippen LogP contribution in [0, 0.1) is 16.7 Å². The van der Waals surface area contributed by atoms with Gasteiger partial charge in [0, 0.05) is 50.3 Å². The normalized spacial score (nSPS) is 20.8. The fourth-order valence-corrected chi connectivity index (χ4v) is 5.23. The van der Waals surface area contributed by atoms with Crippen LogP contribution in [0.15, 0.2) is 42.7 Å². The van der Waals surface area contributed by atoms with Crippen LogP contribution in [0.3, 0.4) is 0 Å². The van der Waals surface area contributed by atoms with E-state index in [1.807, 2.05) is 36.4 Å². The van der Waals surface area contributed by atoms with Crippen LogP contribution >= 0.6 is 0 Å². The number of ether oxygens (including phenoxy) is 1. The van der Waals surface area contributed by atoms with Crippen LogP contribution in [0.25, 0.3) is 0 Å². The molecule has 37 heavy (non-hydrogen) atoms. The first-order valence-corrected chi connectivity index (χ1v) is 12.3. The largest absolute Gasteiger partial charge is 0.471 e. The highest BCUT2D eigenvalue weighted by atomic mass is 19.4. The molecule has 11 heteroatoms. The molecule has 2 heterocycles. The summed E-state index contributed by atoms with van der Waals surface area (Å²) in [5.74, 6) is -2.18. The number of carbonyl (C=O) groups is 2. The van der Waals surface area contributed by atoms with E-state index in [1.165, 1.54) is 18.0 Å². The van der Waals surface area contributed by atoms with Gasteiger partial charge in [-0.05, 0) is 24.8 Å². The zero-order valence-electron chi connectivity index (χ0n) is 20.7. The van der Waals surface area contributed by atoms with Crippen molar-refractivity contribution in [3.05, 3.63) is 53.9 Å². The van der Waals surface area contributed by atoms with Gasteiger partial charge in [-0.15, -0.1) is 0 Å². The van der Waals surface area contributed by atoms with Gasteiger partial charge < -0.3 is 14.5 Å². The molecule has 1 aliphatic heterocycles. The molecule has 2 aromatic rings. The number of aryl methyl sites for hydroxylation is 1. The molecule has 2 atom stereocenters. The van der Waals surface area contributed by atoms with Gasteiger partial charge >= 0.3 is 12.1 Å². The van der Waals surface area contributed by atoms with Crippen LogP contribution in [0.1, 0.15) is 47.5 Å². The van der Waals surface area contributed by atoms with Gasteiger partial charge in [0.25, 0.3) is 5.91 Å². The highest BCUT2D eigenvalue weighted by Crippen LogP contribution is 2.47. The Bertz CT molecular complexity index is 1140. The Balaban J connectivity index is 1.47. The number of methoxy groups -OCH3 is 1. The highest BCUT2D eigenvalue weighted by molar-refractivity contribution is 5.93. The Hall–Kier alpha value is -3.39. The number of piperidine rings is 1. The number of hydrogen-bond donors (Lipinski definition) is 0. The van der Waals surface area contributed by atoms with Gasteiger partial charge in [0.1, 0.15) is 0 Å². The number of halogens is 3. The molecule has 1 aromatic heterocycles. The smallest absolute Gasteiger partial charge is 0.384 e. The van der Waals surface area contributed by atoms with Crippen molar-refractivity contribution in [2.75, 3.05) is 33.4 Å². The number of benzene rings is 1. The van der Waals surface area contributed by atoms with Crippen molar-refractivity contribution in [3.63, 3.8) is 0 Å². The van der Waals surface area contributed by atoms with Crippen molar-refractivity contribution in [1.82, 2.24) is 19.6 Å². The average Bonchev–Trinajstić information content (AvgIpc) is 3.54. The number of nitrogens with zero attached hydrogens (tertiary/aromatic N) is 5. The van der Waals surface area contributed by atoms with E-state index in [0.29, 0.717) is 44.5 Å². The molecule has 0 N–H and O–H groups in total. The summed E-state index contributed by atoms with van der Waals surface area (Å²) >= 11 is 0.